The van der Waals surface area contributed by atoms with E-state index in [1.54, 1.807) is 0 Å². The Hall–Kier alpha value is -2.73. The molecule has 0 saturated carbocycles. The number of fused-ring (bicyclic) bond motifs is 4. The van der Waals surface area contributed by atoms with Crippen LogP contribution in [0.5, 0.6) is 0 Å². The fraction of sp³-hybridized carbons (Fsp3) is 0.190. The minimum absolute atomic E-state index is 0.159. The number of hydrogen-bond acceptors (Lipinski definition) is 4. The molecule has 3 heterocycles. The van der Waals surface area contributed by atoms with Crippen molar-refractivity contribution in [2.75, 3.05) is 5.32 Å². The highest BCUT2D eigenvalue weighted by molar-refractivity contribution is 9.10. The molecule has 2 aromatic carbocycles. The summed E-state index contributed by atoms with van der Waals surface area (Å²) >= 11 is 3.64. The number of nitrogens with one attached hydrogen (secondary N) is 1. The van der Waals surface area contributed by atoms with Crippen molar-refractivity contribution >= 4 is 32.5 Å². The van der Waals surface area contributed by atoms with Crippen molar-refractivity contribution in [2.45, 2.75) is 25.9 Å². The molecule has 4 aromatic rings. The second-order valence-electron chi connectivity index (χ2n) is 6.84. The van der Waals surface area contributed by atoms with Gasteiger partial charge in [0.05, 0.1) is 28.6 Å². The van der Waals surface area contributed by atoms with E-state index in [1.165, 1.54) is 11.1 Å². The zero-order valence-electron chi connectivity index (χ0n) is 14.9. The van der Waals surface area contributed by atoms with Crippen LogP contribution in [0.25, 0.3) is 22.2 Å². The zero-order valence-corrected chi connectivity index (χ0v) is 16.4. The monoisotopic (exact) mass is 419 g/mol. The third-order valence-electron chi connectivity index (χ3n) is 5.14. The van der Waals surface area contributed by atoms with Crippen LogP contribution in [0.4, 0.5) is 5.69 Å². The van der Waals surface area contributed by atoms with Gasteiger partial charge >= 0.3 is 0 Å². The van der Waals surface area contributed by atoms with E-state index in [2.05, 4.69) is 79.0 Å². The van der Waals surface area contributed by atoms with Gasteiger partial charge in [-0.05, 0) is 43.2 Å². The first kappa shape index (κ1) is 16.4. The molecule has 1 N–H and O–H groups in total. The smallest absolute Gasteiger partial charge is 0.0933 e. The van der Waals surface area contributed by atoms with E-state index >= 15 is 0 Å². The molecule has 1 unspecified atom stereocenters. The average Bonchev–Trinajstić information content (AvgIpc) is 2.98. The van der Waals surface area contributed by atoms with E-state index in [0.29, 0.717) is 0 Å². The first-order valence-corrected chi connectivity index (χ1v) is 9.80. The SMILES string of the molecule is Cc1nnn2c1-c1ccc(Br)cc1C(Nc1cccc3cccnc13)CC2. The van der Waals surface area contributed by atoms with Crippen LogP contribution in [0.1, 0.15) is 23.7 Å². The Bertz CT molecular complexity index is 1150. The molecule has 0 saturated heterocycles. The molecule has 0 spiro atoms. The Labute approximate surface area is 165 Å². The molecule has 0 amide bonds. The molecule has 0 aliphatic carbocycles. The largest absolute Gasteiger partial charge is 0.376 e. The Morgan fingerprint density at radius 2 is 2.04 bits per heavy atom. The summed E-state index contributed by atoms with van der Waals surface area (Å²) in [5, 5.41) is 13.5. The Morgan fingerprint density at radius 1 is 1.15 bits per heavy atom. The molecule has 1 atom stereocenters. The van der Waals surface area contributed by atoms with Gasteiger partial charge in [0.2, 0.25) is 0 Å². The lowest BCUT2D eigenvalue weighted by Crippen LogP contribution is -2.13. The van der Waals surface area contributed by atoms with Crippen molar-refractivity contribution in [3.8, 4) is 11.3 Å². The van der Waals surface area contributed by atoms with Gasteiger partial charge in [-0.15, -0.1) is 5.10 Å². The minimum atomic E-state index is 0.159. The standard InChI is InChI=1S/C21H18BrN5/c1-13-21-16-8-7-15(22)12-17(16)18(9-11-27(21)26-25-13)24-19-6-2-4-14-5-3-10-23-20(14)19/h2-8,10,12,18,24H,9,11H2,1H3. The Kier molecular flexibility index (Phi) is 3.93. The molecule has 5 rings (SSSR count). The maximum absolute atomic E-state index is 4.59. The molecule has 134 valence electrons. The molecule has 0 radical (unpaired) electrons. The number of rotatable bonds is 2. The van der Waals surface area contributed by atoms with Crippen LogP contribution in [-0.4, -0.2) is 20.0 Å². The number of anilines is 1. The predicted octanol–water partition coefficient (Wildman–Crippen LogP) is 5.12. The van der Waals surface area contributed by atoms with Crippen LogP contribution in [-0.2, 0) is 6.54 Å². The maximum atomic E-state index is 4.59. The number of nitrogens with zero attached hydrogens (tertiary/aromatic N) is 4. The zero-order chi connectivity index (χ0) is 18.4. The highest BCUT2D eigenvalue weighted by Gasteiger charge is 2.25. The van der Waals surface area contributed by atoms with Crippen molar-refractivity contribution in [3.05, 3.63) is 70.5 Å². The Balaban J connectivity index is 1.63. The topological polar surface area (TPSA) is 55.6 Å². The number of aromatic nitrogens is 4. The van der Waals surface area contributed by atoms with Gasteiger partial charge in [-0.1, -0.05) is 45.4 Å². The molecule has 0 fully saturated rings. The van der Waals surface area contributed by atoms with Gasteiger partial charge < -0.3 is 5.32 Å². The highest BCUT2D eigenvalue weighted by Crippen LogP contribution is 2.38. The summed E-state index contributed by atoms with van der Waals surface area (Å²) in [6.07, 6.45) is 2.76. The number of halogens is 1. The number of benzene rings is 2. The number of aryl methyl sites for hydroxylation is 2. The lowest BCUT2D eigenvalue weighted by atomic mass is 9.96. The molecule has 1 aliphatic rings. The van der Waals surface area contributed by atoms with Crippen LogP contribution in [0.3, 0.4) is 0 Å². The van der Waals surface area contributed by atoms with E-state index in [-0.39, 0.29) is 6.04 Å². The number of para-hydroxylation sites is 1. The second kappa shape index (κ2) is 6.46. The van der Waals surface area contributed by atoms with E-state index in [0.717, 1.165) is 45.4 Å². The third kappa shape index (κ3) is 2.80. The fourth-order valence-electron chi connectivity index (χ4n) is 3.89. The molecule has 2 aromatic heterocycles. The van der Waals surface area contributed by atoms with E-state index in [9.17, 15) is 0 Å². The van der Waals surface area contributed by atoms with Crippen LogP contribution in [0, 0.1) is 6.92 Å². The second-order valence-corrected chi connectivity index (χ2v) is 7.76. The summed E-state index contributed by atoms with van der Waals surface area (Å²) in [7, 11) is 0. The predicted molar refractivity (Wildman–Crippen MR) is 111 cm³/mol. The van der Waals surface area contributed by atoms with E-state index < -0.39 is 0 Å². The minimum Gasteiger partial charge on any atom is -0.376 e. The summed E-state index contributed by atoms with van der Waals surface area (Å²) in [6, 6.07) is 16.9. The quantitative estimate of drug-likeness (QED) is 0.489. The van der Waals surface area contributed by atoms with E-state index in [4.69, 9.17) is 0 Å². The molecular formula is C21H18BrN5. The molecular weight excluding hydrogens is 402 g/mol. The fourth-order valence-corrected chi connectivity index (χ4v) is 4.27. The van der Waals surface area contributed by atoms with Gasteiger partial charge in [-0.3, -0.25) is 4.98 Å². The summed E-state index contributed by atoms with van der Waals surface area (Å²) in [4.78, 5) is 4.59. The lowest BCUT2D eigenvalue weighted by Gasteiger charge is -2.21. The first-order chi connectivity index (χ1) is 13.2. The lowest BCUT2D eigenvalue weighted by molar-refractivity contribution is 0.539. The van der Waals surface area contributed by atoms with Crippen molar-refractivity contribution < 1.29 is 0 Å². The molecule has 0 bridgehead atoms. The average molecular weight is 420 g/mol. The molecule has 6 heteroatoms. The van der Waals surface area contributed by atoms with Crippen LogP contribution in [0.2, 0.25) is 0 Å². The molecule has 27 heavy (non-hydrogen) atoms. The van der Waals surface area contributed by atoms with Crippen LogP contribution >= 0.6 is 15.9 Å². The molecule has 1 aliphatic heterocycles. The van der Waals surface area contributed by atoms with Gasteiger partial charge in [-0.2, -0.15) is 0 Å². The van der Waals surface area contributed by atoms with Gasteiger partial charge in [0.25, 0.3) is 0 Å². The van der Waals surface area contributed by atoms with Crippen molar-refractivity contribution in [3.63, 3.8) is 0 Å². The van der Waals surface area contributed by atoms with E-state index in [1.807, 2.05) is 23.9 Å². The normalized spacial score (nSPS) is 15.9. The first-order valence-electron chi connectivity index (χ1n) is 9.01. The van der Waals surface area contributed by atoms with Gasteiger partial charge in [0, 0.05) is 28.2 Å². The maximum Gasteiger partial charge on any atom is 0.0933 e. The highest BCUT2D eigenvalue weighted by atomic mass is 79.9. The third-order valence-corrected chi connectivity index (χ3v) is 5.63. The van der Waals surface area contributed by atoms with Gasteiger partial charge in [0.15, 0.2) is 0 Å². The number of hydrogen-bond donors (Lipinski definition) is 1. The van der Waals surface area contributed by atoms with Crippen molar-refractivity contribution in [1.29, 1.82) is 0 Å². The van der Waals surface area contributed by atoms with Crippen LogP contribution < -0.4 is 5.32 Å². The summed E-state index contributed by atoms with van der Waals surface area (Å²) < 4.78 is 3.09. The summed E-state index contributed by atoms with van der Waals surface area (Å²) in [5.74, 6) is 0. The van der Waals surface area contributed by atoms with Crippen LogP contribution in [0.15, 0.2) is 59.2 Å². The van der Waals surface area contributed by atoms with Gasteiger partial charge in [0.1, 0.15) is 0 Å². The number of pyridine rings is 1. The van der Waals surface area contributed by atoms with Gasteiger partial charge in [-0.25, -0.2) is 4.68 Å². The summed E-state index contributed by atoms with van der Waals surface area (Å²) in [6.45, 7) is 2.84. The summed E-state index contributed by atoms with van der Waals surface area (Å²) in [5.41, 5.74) is 6.56. The van der Waals surface area contributed by atoms with Crippen molar-refractivity contribution in [2.24, 2.45) is 0 Å². The van der Waals surface area contributed by atoms with Crippen molar-refractivity contribution in [1.82, 2.24) is 20.0 Å². The molecule has 5 nitrogen and oxygen atoms in total. The Morgan fingerprint density at radius 3 is 2.96 bits per heavy atom.